The van der Waals surface area contributed by atoms with Crippen molar-refractivity contribution in [1.29, 1.82) is 0 Å². The highest BCUT2D eigenvalue weighted by molar-refractivity contribution is 7.07. The predicted octanol–water partition coefficient (Wildman–Crippen LogP) is 4.64. The van der Waals surface area contributed by atoms with Crippen LogP contribution in [0.25, 0.3) is 0 Å². The first kappa shape index (κ1) is 31.4. The molecule has 0 unspecified atom stereocenters. The molecule has 0 bridgehead atoms. The molecule has 2 heterocycles. The van der Waals surface area contributed by atoms with E-state index in [4.69, 9.17) is 4.84 Å². The number of thiophene rings is 1. The van der Waals surface area contributed by atoms with E-state index in [1.807, 2.05) is 56.2 Å². The zero-order valence-electron chi connectivity index (χ0n) is 24.5. The normalized spacial score (nSPS) is 15.0. The van der Waals surface area contributed by atoms with Crippen molar-refractivity contribution in [3.05, 3.63) is 51.2 Å². The van der Waals surface area contributed by atoms with Crippen LogP contribution >= 0.6 is 11.3 Å². The lowest BCUT2D eigenvalue weighted by atomic mass is 10.00. The van der Waals surface area contributed by atoms with Gasteiger partial charge < -0.3 is 25.8 Å². The molecule has 40 heavy (non-hydrogen) atoms. The lowest BCUT2D eigenvalue weighted by Gasteiger charge is -2.40. The van der Waals surface area contributed by atoms with Crippen molar-refractivity contribution in [3.8, 4) is 0 Å². The Kier molecular flexibility index (Phi) is 11.8. The fourth-order valence-corrected chi connectivity index (χ4v) is 5.88. The summed E-state index contributed by atoms with van der Waals surface area (Å²) in [5.74, 6) is -0.104. The number of nitrogens with one attached hydrogen (secondary N) is 4. The number of hydrogen-bond donors (Lipinski definition) is 4. The Morgan fingerprint density at radius 1 is 1.12 bits per heavy atom. The van der Waals surface area contributed by atoms with E-state index in [-0.39, 0.29) is 30.1 Å². The zero-order valence-corrected chi connectivity index (χ0v) is 25.3. The smallest absolute Gasteiger partial charge is 0.341 e. The maximum Gasteiger partial charge on any atom is 0.341 e. The van der Waals surface area contributed by atoms with Gasteiger partial charge in [-0.05, 0) is 99.5 Å². The third kappa shape index (κ3) is 8.94. The van der Waals surface area contributed by atoms with Crippen molar-refractivity contribution in [2.45, 2.75) is 78.6 Å². The van der Waals surface area contributed by atoms with Gasteiger partial charge >= 0.3 is 12.1 Å². The van der Waals surface area contributed by atoms with Crippen molar-refractivity contribution in [2.24, 2.45) is 0 Å². The minimum atomic E-state index is -0.266. The summed E-state index contributed by atoms with van der Waals surface area (Å²) in [4.78, 5) is 46.9. The number of anilines is 1. The van der Waals surface area contributed by atoms with Gasteiger partial charge in [0.15, 0.2) is 0 Å². The highest BCUT2D eigenvalue weighted by atomic mass is 32.1. The van der Waals surface area contributed by atoms with Crippen LogP contribution in [-0.2, 0) is 11.4 Å². The summed E-state index contributed by atoms with van der Waals surface area (Å²) in [7, 11) is 1.45. The van der Waals surface area contributed by atoms with Crippen LogP contribution in [0, 0.1) is 13.8 Å². The van der Waals surface area contributed by atoms with Crippen molar-refractivity contribution < 1.29 is 19.2 Å². The highest BCUT2D eigenvalue weighted by Gasteiger charge is 2.30. The Balaban J connectivity index is 1.48. The van der Waals surface area contributed by atoms with Gasteiger partial charge in [-0.2, -0.15) is 11.3 Å². The fraction of sp³-hybridized carbons (Fsp3) is 0.552. The maximum atomic E-state index is 13.0. The first-order chi connectivity index (χ1) is 19.1. The molecule has 1 aromatic heterocycles. The van der Waals surface area contributed by atoms with Gasteiger partial charge in [0, 0.05) is 55.6 Å². The number of carbonyl (C=O) groups excluding carboxylic acids is 3. The number of rotatable bonds is 11. The number of benzene rings is 1. The van der Waals surface area contributed by atoms with Crippen LogP contribution < -0.4 is 21.4 Å². The van der Waals surface area contributed by atoms with E-state index >= 15 is 0 Å². The van der Waals surface area contributed by atoms with Crippen LogP contribution in [0.3, 0.4) is 0 Å². The second-order valence-electron chi connectivity index (χ2n) is 10.8. The van der Waals surface area contributed by atoms with Crippen LogP contribution in [0.5, 0.6) is 0 Å². The van der Waals surface area contributed by atoms with Crippen LogP contribution in [-0.4, -0.2) is 72.6 Å². The van der Waals surface area contributed by atoms with Crippen LogP contribution in [0.15, 0.2) is 29.0 Å². The van der Waals surface area contributed by atoms with E-state index in [1.165, 1.54) is 7.11 Å². The minimum absolute atomic E-state index is 0.0365. The molecule has 1 saturated heterocycles. The standard InChI is InChI=1S/C29H44N6O4S/c1-19(2)31-28(37)32-24-15-20(3)26(21(4)16-24)27(36)30-11-7-22(5)34-12-8-25(9-13-34)35(29(38)33-39-6)17-23-10-14-40-18-23/h10,14-16,18-19,22,25H,7-9,11-13,17H2,1-6H3,(H,30,36)(H,33,38)(H2,31,32,37)/t22-/m1/s1. The van der Waals surface area contributed by atoms with Crippen molar-refractivity contribution in [3.63, 3.8) is 0 Å². The number of amides is 5. The summed E-state index contributed by atoms with van der Waals surface area (Å²) in [6, 6.07) is 5.68. The third-order valence-corrected chi connectivity index (χ3v) is 7.96. The van der Waals surface area contributed by atoms with Gasteiger partial charge in [-0.25, -0.2) is 15.1 Å². The summed E-state index contributed by atoms with van der Waals surface area (Å²) in [5, 5.41) is 12.8. The van der Waals surface area contributed by atoms with E-state index in [0.29, 0.717) is 30.4 Å². The molecule has 11 heteroatoms. The Bertz CT molecular complexity index is 1110. The van der Waals surface area contributed by atoms with E-state index in [2.05, 4.69) is 38.6 Å². The monoisotopic (exact) mass is 572 g/mol. The van der Waals surface area contributed by atoms with E-state index in [0.717, 1.165) is 49.0 Å². The molecule has 0 radical (unpaired) electrons. The van der Waals surface area contributed by atoms with Gasteiger partial charge in [0.05, 0.1) is 7.11 Å². The number of hydrogen-bond acceptors (Lipinski definition) is 6. The van der Waals surface area contributed by atoms with E-state index < -0.39 is 0 Å². The molecule has 3 rings (SSSR count). The van der Waals surface area contributed by atoms with Gasteiger partial charge in [0.25, 0.3) is 5.91 Å². The maximum absolute atomic E-state index is 13.0. The molecule has 4 N–H and O–H groups in total. The largest absolute Gasteiger partial charge is 0.352 e. The lowest BCUT2D eigenvalue weighted by molar-refractivity contribution is 0.0565. The molecule has 10 nitrogen and oxygen atoms in total. The number of nitrogens with zero attached hydrogens (tertiary/aromatic N) is 2. The number of piperidine rings is 1. The second kappa shape index (κ2) is 15.0. The van der Waals surface area contributed by atoms with Gasteiger partial charge in [0.2, 0.25) is 0 Å². The summed E-state index contributed by atoms with van der Waals surface area (Å²) in [6.45, 7) is 12.7. The van der Waals surface area contributed by atoms with Crippen molar-refractivity contribution >= 4 is 35.0 Å². The molecule has 0 spiro atoms. The van der Waals surface area contributed by atoms with Crippen LogP contribution in [0.4, 0.5) is 15.3 Å². The molecule has 1 atom stereocenters. The molecule has 2 aromatic rings. The number of aryl methyl sites for hydroxylation is 2. The number of likely N-dealkylation sites (tertiary alicyclic amines) is 1. The number of urea groups is 2. The Labute approximate surface area is 241 Å². The molecular weight excluding hydrogens is 528 g/mol. The van der Waals surface area contributed by atoms with Crippen LogP contribution in [0.1, 0.15) is 67.1 Å². The van der Waals surface area contributed by atoms with Gasteiger partial charge in [-0.1, -0.05) is 0 Å². The first-order valence-corrected chi connectivity index (χ1v) is 14.8. The molecule has 1 aromatic carbocycles. The molecular formula is C29H44N6O4S. The highest BCUT2D eigenvalue weighted by Crippen LogP contribution is 2.23. The molecule has 0 aliphatic carbocycles. The zero-order chi connectivity index (χ0) is 29.2. The topological polar surface area (TPSA) is 115 Å². The SMILES string of the molecule is CONC(=O)N(Cc1ccsc1)C1CCN([C@H](C)CCNC(=O)c2c(C)cc(NC(=O)NC(C)C)cc2C)CC1. The predicted molar refractivity (Wildman–Crippen MR) is 160 cm³/mol. The quantitative estimate of drug-likeness (QED) is 0.293. The third-order valence-electron chi connectivity index (χ3n) is 7.23. The molecule has 1 aliphatic rings. The van der Waals surface area contributed by atoms with Gasteiger partial charge in [-0.3, -0.25) is 9.63 Å². The average molecular weight is 573 g/mol. The number of hydroxylamine groups is 1. The fourth-order valence-electron chi connectivity index (χ4n) is 5.22. The summed E-state index contributed by atoms with van der Waals surface area (Å²) in [6.07, 6.45) is 2.59. The Morgan fingerprint density at radius 2 is 1.80 bits per heavy atom. The van der Waals surface area contributed by atoms with Gasteiger partial charge in [-0.15, -0.1) is 0 Å². The van der Waals surface area contributed by atoms with Crippen molar-refractivity contribution in [2.75, 3.05) is 32.1 Å². The summed E-state index contributed by atoms with van der Waals surface area (Å²) < 4.78 is 0. The lowest BCUT2D eigenvalue weighted by Crippen LogP contribution is -2.51. The van der Waals surface area contributed by atoms with Gasteiger partial charge in [0.1, 0.15) is 0 Å². The van der Waals surface area contributed by atoms with E-state index in [1.54, 1.807) is 11.3 Å². The average Bonchev–Trinajstić information content (AvgIpc) is 3.40. The molecule has 0 saturated carbocycles. The molecule has 1 aliphatic heterocycles. The van der Waals surface area contributed by atoms with E-state index in [9.17, 15) is 14.4 Å². The first-order valence-electron chi connectivity index (χ1n) is 13.9. The molecule has 220 valence electrons. The number of carbonyl (C=O) groups is 3. The van der Waals surface area contributed by atoms with Crippen molar-refractivity contribution in [1.82, 2.24) is 25.9 Å². The molecule has 5 amide bonds. The summed E-state index contributed by atoms with van der Waals surface area (Å²) >= 11 is 1.63. The Morgan fingerprint density at radius 3 is 2.38 bits per heavy atom. The van der Waals surface area contributed by atoms with Crippen LogP contribution in [0.2, 0.25) is 0 Å². The molecule has 1 fully saturated rings. The summed E-state index contributed by atoms with van der Waals surface area (Å²) in [5.41, 5.74) is 6.54. The second-order valence-corrected chi connectivity index (χ2v) is 11.5. The Hall–Kier alpha value is -3.15. The minimum Gasteiger partial charge on any atom is -0.352 e.